The van der Waals surface area contributed by atoms with E-state index in [-0.39, 0.29) is 36.8 Å². The molecule has 22 heavy (non-hydrogen) atoms. The van der Waals surface area contributed by atoms with Gasteiger partial charge in [0.25, 0.3) is 0 Å². The van der Waals surface area contributed by atoms with E-state index in [1.54, 1.807) is 0 Å². The summed E-state index contributed by atoms with van der Waals surface area (Å²) < 4.78 is 5.31. The molecule has 1 aromatic rings. The molecule has 2 rings (SSSR count). The number of nitrogens with zero attached hydrogens (tertiary/aromatic N) is 1. The zero-order valence-corrected chi connectivity index (χ0v) is 14.4. The minimum atomic E-state index is 0. The fourth-order valence-electron chi connectivity index (χ4n) is 2.36. The van der Waals surface area contributed by atoms with Gasteiger partial charge in [-0.3, -0.25) is 9.69 Å². The van der Waals surface area contributed by atoms with Crippen LogP contribution in [0.1, 0.15) is 12.5 Å². The summed E-state index contributed by atoms with van der Waals surface area (Å²) >= 11 is 0. The lowest BCUT2D eigenvalue weighted by molar-refractivity contribution is -0.121. The number of amides is 1. The van der Waals surface area contributed by atoms with Crippen molar-refractivity contribution in [2.45, 2.75) is 19.4 Å². The van der Waals surface area contributed by atoms with Gasteiger partial charge in [0, 0.05) is 31.4 Å². The molecule has 0 saturated carbocycles. The van der Waals surface area contributed by atoms with Gasteiger partial charge in [-0.25, -0.2) is 0 Å². The highest BCUT2D eigenvalue weighted by molar-refractivity contribution is 5.85. The first kappa shape index (κ1) is 21.0. The topological polar surface area (TPSA) is 67.6 Å². The lowest BCUT2D eigenvalue weighted by Crippen LogP contribution is -2.46. The summed E-state index contributed by atoms with van der Waals surface area (Å²) in [5.41, 5.74) is 7.33. The number of nitrogens with two attached hydrogens (primary N) is 1. The largest absolute Gasteiger partial charge is 0.399 e. The van der Waals surface area contributed by atoms with Crippen LogP contribution in [0.5, 0.6) is 0 Å². The van der Waals surface area contributed by atoms with Crippen molar-refractivity contribution in [1.82, 2.24) is 10.2 Å². The molecule has 1 atom stereocenters. The van der Waals surface area contributed by atoms with Gasteiger partial charge in [0.15, 0.2) is 0 Å². The lowest BCUT2D eigenvalue weighted by atomic mass is 10.1. The van der Waals surface area contributed by atoms with Gasteiger partial charge in [-0.15, -0.1) is 24.8 Å². The summed E-state index contributed by atoms with van der Waals surface area (Å²) in [6, 6.07) is 7.57. The van der Waals surface area contributed by atoms with E-state index >= 15 is 0 Å². The molecular formula is C15H25Cl2N3O2. The van der Waals surface area contributed by atoms with Gasteiger partial charge in [-0.05, 0) is 24.6 Å². The molecule has 3 N–H and O–H groups in total. The normalized spacial score (nSPS) is 16.0. The number of ether oxygens (including phenoxy) is 1. The van der Waals surface area contributed by atoms with Crippen LogP contribution < -0.4 is 11.1 Å². The highest BCUT2D eigenvalue weighted by Crippen LogP contribution is 2.06. The number of hydrogen-bond acceptors (Lipinski definition) is 4. The summed E-state index contributed by atoms with van der Waals surface area (Å²) in [6.45, 7) is 6.36. The molecule has 1 fully saturated rings. The van der Waals surface area contributed by atoms with Gasteiger partial charge in [-0.2, -0.15) is 0 Å². The average molecular weight is 350 g/mol. The predicted molar refractivity (Wildman–Crippen MR) is 93.9 cm³/mol. The third kappa shape index (κ3) is 7.31. The molecule has 1 aliphatic heterocycles. The van der Waals surface area contributed by atoms with Crippen LogP contribution in [0.25, 0.3) is 0 Å². The number of nitrogen functional groups attached to an aromatic ring is 1. The number of benzene rings is 1. The Balaban J connectivity index is 0.00000220. The first-order valence-electron chi connectivity index (χ1n) is 7.07. The van der Waals surface area contributed by atoms with Crippen LogP contribution in [0.3, 0.4) is 0 Å². The van der Waals surface area contributed by atoms with Crippen molar-refractivity contribution in [2.24, 2.45) is 0 Å². The summed E-state index contributed by atoms with van der Waals surface area (Å²) in [6.07, 6.45) is 0.397. The van der Waals surface area contributed by atoms with Crippen molar-refractivity contribution < 1.29 is 9.53 Å². The monoisotopic (exact) mass is 349 g/mol. The van der Waals surface area contributed by atoms with E-state index in [9.17, 15) is 4.79 Å². The van der Waals surface area contributed by atoms with Crippen LogP contribution in [-0.2, 0) is 16.0 Å². The van der Waals surface area contributed by atoms with E-state index in [4.69, 9.17) is 10.5 Å². The Morgan fingerprint density at radius 1 is 1.27 bits per heavy atom. The van der Waals surface area contributed by atoms with Crippen LogP contribution >= 0.6 is 24.8 Å². The van der Waals surface area contributed by atoms with Crippen molar-refractivity contribution in [3.8, 4) is 0 Å². The van der Waals surface area contributed by atoms with Crippen LogP contribution in [0.2, 0.25) is 0 Å². The van der Waals surface area contributed by atoms with Crippen molar-refractivity contribution in [1.29, 1.82) is 0 Å². The average Bonchev–Trinajstić information content (AvgIpc) is 2.42. The smallest absolute Gasteiger partial charge is 0.224 e. The van der Waals surface area contributed by atoms with E-state index in [0.717, 1.165) is 44.1 Å². The SMILES string of the molecule is CC(CN1CCOCC1)NC(=O)Cc1ccc(N)cc1.Cl.Cl. The summed E-state index contributed by atoms with van der Waals surface area (Å²) in [4.78, 5) is 14.3. The Hall–Kier alpha value is -1.01. The van der Waals surface area contributed by atoms with E-state index in [1.807, 2.05) is 31.2 Å². The molecule has 126 valence electrons. The quantitative estimate of drug-likeness (QED) is 0.790. The minimum absolute atomic E-state index is 0. The molecule has 1 amide bonds. The Morgan fingerprint density at radius 2 is 1.86 bits per heavy atom. The van der Waals surface area contributed by atoms with Crippen molar-refractivity contribution >= 4 is 36.4 Å². The third-order valence-electron chi connectivity index (χ3n) is 3.39. The molecule has 1 unspecified atom stereocenters. The molecule has 0 bridgehead atoms. The van der Waals surface area contributed by atoms with Crippen LogP contribution in [0, 0.1) is 0 Å². The number of rotatable bonds is 5. The van der Waals surface area contributed by atoms with Gasteiger partial charge in [0.1, 0.15) is 0 Å². The second-order valence-electron chi connectivity index (χ2n) is 5.30. The second kappa shape index (κ2) is 10.7. The number of carbonyl (C=O) groups is 1. The highest BCUT2D eigenvalue weighted by atomic mass is 35.5. The summed E-state index contributed by atoms with van der Waals surface area (Å²) in [7, 11) is 0. The van der Waals surface area contributed by atoms with Crippen molar-refractivity contribution in [2.75, 3.05) is 38.6 Å². The maximum absolute atomic E-state index is 12.0. The molecular weight excluding hydrogens is 325 g/mol. The van der Waals surface area contributed by atoms with E-state index < -0.39 is 0 Å². The molecule has 0 aromatic heterocycles. The predicted octanol–water partition coefficient (Wildman–Crippen LogP) is 1.49. The highest BCUT2D eigenvalue weighted by Gasteiger charge is 2.15. The van der Waals surface area contributed by atoms with E-state index in [1.165, 1.54) is 0 Å². The Labute approximate surface area is 144 Å². The van der Waals surface area contributed by atoms with Crippen LogP contribution in [0.15, 0.2) is 24.3 Å². The molecule has 5 nitrogen and oxygen atoms in total. The van der Waals surface area contributed by atoms with Crippen LogP contribution in [0.4, 0.5) is 5.69 Å². The van der Waals surface area contributed by atoms with Gasteiger partial charge < -0.3 is 15.8 Å². The Morgan fingerprint density at radius 3 is 2.45 bits per heavy atom. The molecule has 1 aromatic carbocycles. The maximum atomic E-state index is 12.0. The first-order chi connectivity index (χ1) is 9.63. The molecule has 1 aliphatic rings. The van der Waals surface area contributed by atoms with Gasteiger partial charge in [-0.1, -0.05) is 12.1 Å². The van der Waals surface area contributed by atoms with E-state index in [2.05, 4.69) is 10.2 Å². The fraction of sp³-hybridized carbons (Fsp3) is 0.533. The Kier molecular flexibility index (Phi) is 10.2. The van der Waals surface area contributed by atoms with Crippen LogP contribution in [-0.4, -0.2) is 49.7 Å². The molecule has 0 spiro atoms. The first-order valence-corrected chi connectivity index (χ1v) is 7.07. The fourth-order valence-corrected chi connectivity index (χ4v) is 2.36. The zero-order valence-electron chi connectivity index (χ0n) is 12.8. The Bertz CT molecular complexity index is 437. The number of morpholine rings is 1. The maximum Gasteiger partial charge on any atom is 0.224 e. The van der Waals surface area contributed by atoms with E-state index in [0.29, 0.717) is 6.42 Å². The third-order valence-corrected chi connectivity index (χ3v) is 3.39. The standard InChI is InChI=1S/C15H23N3O2.2ClH/c1-12(11-18-6-8-20-9-7-18)17-15(19)10-13-2-4-14(16)5-3-13;;/h2-5,12H,6-11,16H2,1H3,(H,17,19);2*1H. The number of anilines is 1. The molecule has 7 heteroatoms. The molecule has 0 aliphatic carbocycles. The van der Waals surface area contributed by atoms with Gasteiger partial charge in [0.2, 0.25) is 5.91 Å². The molecule has 1 saturated heterocycles. The van der Waals surface area contributed by atoms with Gasteiger partial charge in [0.05, 0.1) is 19.6 Å². The second-order valence-corrected chi connectivity index (χ2v) is 5.30. The molecule has 0 radical (unpaired) electrons. The zero-order chi connectivity index (χ0) is 14.4. The van der Waals surface area contributed by atoms with Crippen molar-refractivity contribution in [3.05, 3.63) is 29.8 Å². The van der Waals surface area contributed by atoms with Crippen molar-refractivity contribution in [3.63, 3.8) is 0 Å². The number of hydrogen-bond donors (Lipinski definition) is 2. The molecule has 1 heterocycles. The summed E-state index contributed by atoms with van der Waals surface area (Å²) in [5, 5.41) is 3.04. The number of carbonyl (C=O) groups excluding carboxylic acids is 1. The van der Waals surface area contributed by atoms with Gasteiger partial charge >= 0.3 is 0 Å². The number of halogens is 2. The minimum Gasteiger partial charge on any atom is -0.399 e. The lowest BCUT2D eigenvalue weighted by Gasteiger charge is -2.29. The summed E-state index contributed by atoms with van der Waals surface area (Å²) in [5.74, 6) is 0.0514. The number of nitrogens with one attached hydrogen (secondary N) is 1.